The third-order valence-corrected chi connectivity index (χ3v) is 23.4. The largest absolute Gasteiger partial charge is 0.420 e. The molecule has 4 saturated heterocycles. The molecule has 4 aromatic carbocycles. The second kappa shape index (κ2) is 38.4. The van der Waals surface area contributed by atoms with Gasteiger partial charge in [-0.1, -0.05) is 140 Å². The number of nitrogens with one attached hydrogen (secondary N) is 6. The van der Waals surface area contributed by atoms with Gasteiger partial charge in [-0.3, -0.25) is 29.4 Å². The molecule has 592 valence electrons. The van der Waals surface area contributed by atoms with E-state index in [0.717, 1.165) is 184 Å². The molecule has 4 fully saturated rings. The van der Waals surface area contributed by atoms with E-state index in [4.69, 9.17) is 4.42 Å². The predicted octanol–water partition coefficient (Wildman–Crippen LogP) is 13.1. The van der Waals surface area contributed by atoms with Gasteiger partial charge in [0.15, 0.2) is 45.5 Å². The van der Waals surface area contributed by atoms with Crippen LogP contribution < -0.4 is 19.6 Å². The van der Waals surface area contributed by atoms with Crippen LogP contribution in [-0.2, 0) is 25.7 Å². The van der Waals surface area contributed by atoms with E-state index < -0.39 is 0 Å². The third kappa shape index (κ3) is 20.5. The van der Waals surface area contributed by atoms with E-state index >= 15 is 0 Å². The van der Waals surface area contributed by atoms with Gasteiger partial charge in [0.05, 0.1) is 6.20 Å². The lowest BCUT2D eigenvalue weighted by molar-refractivity contribution is 0.0933. The molecule has 27 heteroatoms. The summed E-state index contributed by atoms with van der Waals surface area (Å²) in [6.45, 7) is 36.9. The van der Waals surface area contributed by atoms with Crippen molar-refractivity contribution in [3.63, 3.8) is 0 Å². The summed E-state index contributed by atoms with van der Waals surface area (Å²) in [4.78, 5) is 95.5. The Kier molecular flexibility index (Phi) is 27.4. The molecule has 0 bridgehead atoms. The molecule has 0 amide bonds. The Labute approximate surface area is 659 Å². The number of piperazine rings is 4. The SMILES string of the molecule is CCN1CCN(c2n[nH]c(C(=O)CC(C)Cc3c[nH]c4ccccc34)n2)CC1.CCN1CCN(c2n[nH]c(C(=O)CC(C)Cc3c[nH]c4ccccc34)n2)CC1.CCN1CCN(c2ncc(C(=O)CC(C)Cc3c[nH]c4ccccc34)o2)CC1.CCN1CCN(c2nnc(C(=O)CC(C)Cc3c[nH]c4ccccc34)s2)CC1. The number of para-hydroxylation sites is 4. The molecular formula is C85H111N21O5S. The normalized spacial score (nSPS) is 16.6. The Bertz CT molecular complexity index is 4370. The summed E-state index contributed by atoms with van der Waals surface area (Å²) in [5.41, 5.74) is 9.58. The highest BCUT2D eigenvalue weighted by Crippen LogP contribution is 2.30. The molecular weight excluding hydrogens is 1430 g/mol. The molecule has 0 spiro atoms. The van der Waals surface area contributed by atoms with Crippen molar-refractivity contribution in [2.45, 2.75) is 107 Å². The van der Waals surface area contributed by atoms with Crippen molar-refractivity contribution in [1.82, 2.24) is 85.1 Å². The number of fused-ring (bicyclic) bond motifs is 4. The Balaban J connectivity index is 0.000000131. The van der Waals surface area contributed by atoms with Gasteiger partial charge >= 0.3 is 0 Å². The van der Waals surface area contributed by atoms with Crippen LogP contribution in [-0.4, -0.2) is 239 Å². The maximum absolute atomic E-state index is 12.7. The van der Waals surface area contributed by atoms with Crippen molar-refractivity contribution < 1.29 is 23.6 Å². The molecule has 0 saturated carbocycles. The minimum Gasteiger partial charge on any atom is -0.420 e. The first-order valence-electron chi connectivity index (χ1n) is 40.4. The Morgan fingerprint density at radius 1 is 0.402 bits per heavy atom. The predicted molar refractivity (Wildman–Crippen MR) is 447 cm³/mol. The van der Waals surface area contributed by atoms with E-state index in [-0.39, 0.29) is 46.8 Å². The monoisotopic (exact) mass is 1540 g/mol. The van der Waals surface area contributed by atoms with Crippen LogP contribution in [0.3, 0.4) is 0 Å². The number of nitrogens with zero attached hydrogens (tertiary/aromatic N) is 15. The molecule has 16 rings (SSSR count). The molecule has 6 N–H and O–H groups in total. The summed E-state index contributed by atoms with van der Waals surface area (Å²) in [6, 6.07) is 33.7. The van der Waals surface area contributed by atoms with Gasteiger partial charge in [-0.05, 0) is 122 Å². The van der Waals surface area contributed by atoms with Gasteiger partial charge in [-0.15, -0.1) is 20.4 Å². The first kappa shape index (κ1) is 79.9. The number of hydrogen-bond acceptors (Lipinski definition) is 21. The fraction of sp³-hybridized carbons (Fsp3) is 0.471. The minimum atomic E-state index is 0.0262. The average Bonchev–Trinajstić information content (AvgIpc) is 1.70. The van der Waals surface area contributed by atoms with E-state index in [0.29, 0.717) is 66.0 Å². The maximum Gasteiger partial charge on any atom is 0.297 e. The van der Waals surface area contributed by atoms with Crippen molar-refractivity contribution in [3.8, 4) is 0 Å². The minimum absolute atomic E-state index is 0.0262. The van der Waals surface area contributed by atoms with Gasteiger partial charge in [0.2, 0.25) is 17.0 Å². The lowest BCUT2D eigenvalue weighted by Gasteiger charge is -2.33. The summed E-state index contributed by atoms with van der Waals surface area (Å²) in [5.74, 6) is 3.53. The second-order valence-corrected chi connectivity index (χ2v) is 31.7. The number of ketones is 4. The number of likely N-dealkylation sites (N-methyl/N-ethyl adjacent to an activating group) is 4. The van der Waals surface area contributed by atoms with Crippen molar-refractivity contribution in [3.05, 3.63) is 173 Å². The fourth-order valence-electron chi connectivity index (χ4n) is 15.7. The zero-order valence-electron chi connectivity index (χ0n) is 66.4. The molecule has 0 aliphatic carbocycles. The van der Waals surface area contributed by atoms with Crippen LogP contribution in [0.5, 0.6) is 0 Å². The number of rotatable bonds is 28. The van der Waals surface area contributed by atoms with Crippen molar-refractivity contribution in [1.29, 1.82) is 0 Å². The highest BCUT2D eigenvalue weighted by molar-refractivity contribution is 7.17. The number of anilines is 4. The van der Waals surface area contributed by atoms with Crippen LogP contribution in [0, 0.1) is 23.7 Å². The Morgan fingerprint density at radius 3 is 1.08 bits per heavy atom. The third-order valence-electron chi connectivity index (χ3n) is 22.4. The number of benzene rings is 4. The van der Waals surface area contributed by atoms with E-state index in [1.165, 1.54) is 55.1 Å². The summed E-state index contributed by atoms with van der Waals surface area (Å²) in [6.07, 6.45) is 15.1. The smallest absolute Gasteiger partial charge is 0.297 e. The standard InChI is InChI=1S/C22H28N4O2.2C21H28N6O.C21H27N5OS/c1-3-25-8-10-26(11-9-25)22-24-15-21(28-22)20(27)13-16(2)12-17-14-23-19-7-5-4-6-18(17)19;2*1-3-26-8-10-27(11-9-26)21-23-20(24-25-21)19(28)13-15(2)12-16-14-22-18-7-5-4-6-17(16)18;1-3-25-8-10-26(11-9-25)21-24-23-20(28-21)19(27)13-15(2)12-16-14-22-18-7-5-4-6-17(16)18/h4-7,14-16,23H,3,8-13H2,1-2H3;2*4-7,14-15,22H,3,8-13H2,1-2H3,(H,23,24,25);4-7,14-15,22H,3,8-13H2,1-2H3. The number of carbonyl (C=O) groups excluding carboxylic acids is 4. The first-order valence-corrected chi connectivity index (χ1v) is 41.2. The quantitative estimate of drug-likeness (QED) is 0.0248. The number of hydrogen-bond donors (Lipinski definition) is 6. The highest BCUT2D eigenvalue weighted by Gasteiger charge is 2.28. The molecule has 12 aromatic rings. The topological polar surface area (TPSA) is 292 Å². The molecule has 4 unspecified atom stereocenters. The summed E-state index contributed by atoms with van der Waals surface area (Å²) >= 11 is 1.44. The van der Waals surface area contributed by atoms with Crippen LogP contribution in [0.2, 0.25) is 0 Å². The number of H-pyrrole nitrogens is 6. The molecule has 0 radical (unpaired) electrons. The number of aromatic nitrogens is 13. The van der Waals surface area contributed by atoms with Crippen LogP contribution in [0.4, 0.5) is 23.0 Å². The Morgan fingerprint density at radius 2 is 0.723 bits per heavy atom. The van der Waals surface area contributed by atoms with E-state index in [2.05, 4.69) is 221 Å². The molecule has 12 heterocycles. The van der Waals surface area contributed by atoms with Crippen molar-refractivity contribution in [2.75, 3.05) is 150 Å². The molecule has 26 nitrogen and oxygen atoms in total. The van der Waals surface area contributed by atoms with Gasteiger partial charge < -0.3 is 63.6 Å². The maximum atomic E-state index is 12.7. The van der Waals surface area contributed by atoms with Gasteiger partial charge in [-0.2, -0.15) is 9.97 Å². The van der Waals surface area contributed by atoms with Gasteiger partial charge in [0, 0.05) is 199 Å². The summed E-state index contributed by atoms with van der Waals surface area (Å²) in [5, 5.41) is 29.1. The number of aromatic amines is 6. The second-order valence-electron chi connectivity index (χ2n) is 30.7. The number of oxazole rings is 1. The van der Waals surface area contributed by atoms with Crippen LogP contribution in [0.15, 0.2) is 132 Å². The number of carbonyl (C=O) groups is 4. The van der Waals surface area contributed by atoms with E-state index in [1.54, 1.807) is 6.20 Å². The molecule has 4 aliphatic rings. The lowest BCUT2D eigenvalue weighted by atomic mass is 9.95. The lowest BCUT2D eigenvalue weighted by Crippen LogP contribution is -2.46. The van der Waals surface area contributed by atoms with Crippen LogP contribution in [0.25, 0.3) is 43.6 Å². The fourth-order valence-corrected chi connectivity index (χ4v) is 16.6. The molecule has 4 atom stereocenters. The van der Waals surface area contributed by atoms with E-state index in [1.807, 2.05) is 61.1 Å². The zero-order valence-corrected chi connectivity index (χ0v) is 67.2. The molecule has 4 aliphatic heterocycles. The van der Waals surface area contributed by atoms with Crippen LogP contribution in [0.1, 0.15) is 145 Å². The van der Waals surface area contributed by atoms with Gasteiger partial charge in [0.25, 0.3) is 6.01 Å². The van der Waals surface area contributed by atoms with Crippen molar-refractivity contribution >= 4 is 101 Å². The van der Waals surface area contributed by atoms with Gasteiger partial charge in [0.1, 0.15) is 0 Å². The van der Waals surface area contributed by atoms with Crippen molar-refractivity contribution in [2.24, 2.45) is 23.7 Å². The van der Waals surface area contributed by atoms with E-state index in [9.17, 15) is 19.2 Å². The summed E-state index contributed by atoms with van der Waals surface area (Å²) in [7, 11) is 0. The van der Waals surface area contributed by atoms with Crippen LogP contribution >= 0.6 is 11.3 Å². The van der Waals surface area contributed by atoms with Gasteiger partial charge in [-0.25, -0.2) is 4.98 Å². The zero-order chi connectivity index (χ0) is 78.0. The number of Topliss-reactive ketones (excluding diaryl/α,β-unsaturated/α-hetero) is 4. The summed E-state index contributed by atoms with van der Waals surface area (Å²) < 4.78 is 5.80. The Hall–Kier alpha value is -10.2. The molecule has 112 heavy (non-hydrogen) atoms. The highest BCUT2D eigenvalue weighted by atomic mass is 32.1. The first-order chi connectivity index (χ1) is 54.5. The molecule has 8 aromatic heterocycles. The average molecular weight is 1540 g/mol.